The van der Waals surface area contributed by atoms with Crippen LogP contribution in [0.3, 0.4) is 0 Å². The Bertz CT molecular complexity index is 248. The van der Waals surface area contributed by atoms with Gasteiger partial charge in [-0.1, -0.05) is 20.8 Å². The fraction of sp³-hybridized carbons (Fsp3) is 0.929. The number of rotatable bonds is 7. The monoisotopic (exact) mass is 256 g/mol. The number of nitrogens with one attached hydrogen (secondary N) is 1. The van der Waals surface area contributed by atoms with Gasteiger partial charge in [-0.2, -0.15) is 0 Å². The fourth-order valence-electron chi connectivity index (χ4n) is 2.77. The standard InChI is InChI=1S/C14H28N2O2/c1-4-15-13(14(17)18)9-12-5-7-16(8-6-12)10-11(2)3/h11-13,15H,4-10H2,1-3H3,(H,17,18). The van der Waals surface area contributed by atoms with E-state index >= 15 is 0 Å². The number of carboxylic acids is 1. The molecule has 0 bridgehead atoms. The normalized spacial score (nSPS) is 20.2. The highest BCUT2D eigenvalue weighted by Crippen LogP contribution is 2.22. The number of piperidine rings is 1. The van der Waals surface area contributed by atoms with Crippen molar-refractivity contribution in [2.45, 2.75) is 46.1 Å². The van der Waals surface area contributed by atoms with Gasteiger partial charge in [0.1, 0.15) is 6.04 Å². The number of carboxylic acid groups (broad SMARTS) is 1. The Balaban J connectivity index is 2.31. The Morgan fingerprint density at radius 3 is 2.44 bits per heavy atom. The van der Waals surface area contributed by atoms with Crippen LogP contribution in [0.1, 0.15) is 40.0 Å². The van der Waals surface area contributed by atoms with Gasteiger partial charge in [0.25, 0.3) is 0 Å². The van der Waals surface area contributed by atoms with Crippen LogP contribution in [0.4, 0.5) is 0 Å². The second kappa shape index (κ2) is 7.74. The topological polar surface area (TPSA) is 52.6 Å². The van der Waals surface area contributed by atoms with Gasteiger partial charge in [0.15, 0.2) is 0 Å². The summed E-state index contributed by atoms with van der Waals surface area (Å²) in [7, 11) is 0. The van der Waals surface area contributed by atoms with Crippen molar-refractivity contribution in [3.8, 4) is 0 Å². The number of likely N-dealkylation sites (tertiary alicyclic amines) is 1. The highest BCUT2D eigenvalue weighted by atomic mass is 16.4. The zero-order chi connectivity index (χ0) is 13.5. The molecule has 0 aromatic carbocycles. The number of nitrogens with zero attached hydrogens (tertiary/aromatic N) is 1. The average molecular weight is 256 g/mol. The molecule has 0 saturated carbocycles. The molecule has 1 saturated heterocycles. The number of carbonyl (C=O) groups is 1. The molecule has 2 N–H and O–H groups in total. The highest BCUT2D eigenvalue weighted by molar-refractivity contribution is 5.73. The van der Waals surface area contributed by atoms with Gasteiger partial charge in [0, 0.05) is 6.54 Å². The van der Waals surface area contributed by atoms with Gasteiger partial charge in [-0.15, -0.1) is 0 Å². The summed E-state index contributed by atoms with van der Waals surface area (Å²) in [4.78, 5) is 13.6. The molecule has 0 radical (unpaired) electrons. The summed E-state index contributed by atoms with van der Waals surface area (Å²) in [6.07, 6.45) is 3.06. The third kappa shape index (κ3) is 5.36. The van der Waals surface area contributed by atoms with E-state index in [0.29, 0.717) is 5.92 Å². The molecular formula is C14H28N2O2. The summed E-state index contributed by atoms with van der Waals surface area (Å²) in [5.74, 6) is 0.574. The van der Waals surface area contributed by atoms with E-state index in [1.54, 1.807) is 0 Å². The summed E-state index contributed by atoms with van der Waals surface area (Å²) in [6.45, 7) is 10.6. The van der Waals surface area contributed by atoms with E-state index in [9.17, 15) is 4.79 Å². The lowest BCUT2D eigenvalue weighted by molar-refractivity contribution is -0.140. The molecule has 0 aromatic rings. The minimum atomic E-state index is -0.707. The van der Waals surface area contributed by atoms with Crippen LogP contribution in [0, 0.1) is 11.8 Å². The minimum absolute atomic E-state index is 0.364. The molecule has 1 aliphatic rings. The van der Waals surface area contributed by atoms with Crippen LogP contribution in [0.15, 0.2) is 0 Å². The summed E-state index contributed by atoms with van der Waals surface area (Å²) in [5.41, 5.74) is 0. The number of aliphatic carboxylic acids is 1. The van der Waals surface area contributed by atoms with Gasteiger partial charge < -0.3 is 15.3 Å². The molecule has 1 rings (SSSR count). The molecule has 1 aliphatic heterocycles. The van der Waals surface area contributed by atoms with Gasteiger partial charge >= 0.3 is 5.97 Å². The third-order valence-corrected chi connectivity index (χ3v) is 3.65. The maximum Gasteiger partial charge on any atom is 0.320 e. The van der Waals surface area contributed by atoms with Crippen molar-refractivity contribution in [3.63, 3.8) is 0 Å². The highest BCUT2D eigenvalue weighted by Gasteiger charge is 2.25. The van der Waals surface area contributed by atoms with E-state index < -0.39 is 5.97 Å². The zero-order valence-electron chi connectivity index (χ0n) is 12.0. The number of likely N-dealkylation sites (N-methyl/N-ethyl adjacent to an activating group) is 1. The summed E-state index contributed by atoms with van der Waals surface area (Å²) >= 11 is 0. The first-order valence-corrected chi connectivity index (χ1v) is 7.21. The fourth-order valence-corrected chi connectivity index (χ4v) is 2.77. The molecule has 0 amide bonds. The molecule has 1 heterocycles. The van der Waals surface area contributed by atoms with Crippen LogP contribution in [0.2, 0.25) is 0 Å². The molecule has 0 aromatic heterocycles. The van der Waals surface area contributed by atoms with Crippen molar-refractivity contribution in [1.82, 2.24) is 10.2 Å². The van der Waals surface area contributed by atoms with Crippen molar-refractivity contribution in [1.29, 1.82) is 0 Å². The molecule has 4 heteroatoms. The molecule has 4 nitrogen and oxygen atoms in total. The maximum absolute atomic E-state index is 11.1. The lowest BCUT2D eigenvalue weighted by atomic mass is 9.90. The third-order valence-electron chi connectivity index (χ3n) is 3.65. The largest absolute Gasteiger partial charge is 0.480 e. The molecule has 106 valence electrons. The van der Waals surface area contributed by atoms with Gasteiger partial charge in [-0.25, -0.2) is 0 Å². The van der Waals surface area contributed by atoms with Crippen LogP contribution >= 0.6 is 0 Å². The van der Waals surface area contributed by atoms with Crippen molar-refractivity contribution in [3.05, 3.63) is 0 Å². The van der Waals surface area contributed by atoms with Crippen LogP contribution in [0.25, 0.3) is 0 Å². The first-order chi connectivity index (χ1) is 8.52. The molecule has 1 fully saturated rings. The quantitative estimate of drug-likeness (QED) is 0.729. The predicted molar refractivity (Wildman–Crippen MR) is 73.7 cm³/mol. The minimum Gasteiger partial charge on any atom is -0.480 e. The second-order valence-corrected chi connectivity index (χ2v) is 5.82. The Hall–Kier alpha value is -0.610. The summed E-state index contributed by atoms with van der Waals surface area (Å²) in [6, 6.07) is -0.364. The predicted octanol–water partition coefficient (Wildman–Crippen LogP) is 1.81. The van der Waals surface area contributed by atoms with Crippen molar-refractivity contribution in [2.24, 2.45) is 11.8 Å². The zero-order valence-corrected chi connectivity index (χ0v) is 12.0. The number of hydrogen-bond acceptors (Lipinski definition) is 3. The van der Waals surface area contributed by atoms with Crippen molar-refractivity contribution >= 4 is 5.97 Å². The van der Waals surface area contributed by atoms with Gasteiger partial charge in [-0.3, -0.25) is 4.79 Å². The number of hydrogen-bond donors (Lipinski definition) is 2. The van der Waals surface area contributed by atoms with Crippen molar-refractivity contribution < 1.29 is 9.90 Å². The Kier molecular flexibility index (Phi) is 6.65. The first-order valence-electron chi connectivity index (χ1n) is 7.21. The van der Waals surface area contributed by atoms with E-state index in [1.165, 1.54) is 6.54 Å². The average Bonchev–Trinajstić information content (AvgIpc) is 2.30. The molecule has 0 aliphatic carbocycles. The van der Waals surface area contributed by atoms with Crippen LogP contribution in [-0.2, 0) is 4.79 Å². The van der Waals surface area contributed by atoms with E-state index in [4.69, 9.17) is 5.11 Å². The smallest absolute Gasteiger partial charge is 0.320 e. The first kappa shape index (κ1) is 15.4. The summed E-state index contributed by atoms with van der Waals surface area (Å²) in [5, 5.41) is 12.2. The van der Waals surface area contributed by atoms with E-state index in [0.717, 1.165) is 44.8 Å². The molecule has 18 heavy (non-hydrogen) atoms. The van der Waals surface area contributed by atoms with Crippen LogP contribution in [0.5, 0.6) is 0 Å². The van der Waals surface area contributed by atoms with Gasteiger partial charge in [0.05, 0.1) is 0 Å². The molecule has 1 unspecified atom stereocenters. The van der Waals surface area contributed by atoms with Crippen molar-refractivity contribution in [2.75, 3.05) is 26.2 Å². The SMILES string of the molecule is CCNC(CC1CCN(CC(C)C)CC1)C(=O)O. The molecular weight excluding hydrogens is 228 g/mol. The maximum atomic E-state index is 11.1. The molecule has 0 spiro atoms. The van der Waals surface area contributed by atoms with E-state index in [-0.39, 0.29) is 6.04 Å². The lowest BCUT2D eigenvalue weighted by Gasteiger charge is -2.34. The van der Waals surface area contributed by atoms with Gasteiger partial charge in [0.2, 0.25) is 0 Å². The Morgan fingerprint density at radius 1 is 1.39 bits per heavy atom. The van der Waals surface area contributed by atoms with Crippen LogP contribution in [-0.4, -0.2) is 48.2 Å². The van der Waals surface area contributed by atoms with E-state index in [2.05, 4.69) is 24.1 Å². The lowest BCUT2D eigenvalue weighted by Crippen LogP contribution is -2.41. The second-order valence-electron chi connectivity index (χ2n) is 5.82. The Labute approximate surface area is 111 Å². The Morgan fingerprint density at radius 2 is 2.00 bits per heavy atom. The summed E-state index contributed by atoms with van der Waals surface area (Å²) < 4.78 is 0. The van der Waals surface area contributed by atoms with E-state index in [1.807, 2.05) is 6.92 Å². The molecule has 1 atom stereocenters. The van der Waals surface area contributed by atoms with Gasteiger partial charge in [-0.05, 0) is 50.7 Å². The van der Waals surface area contributed by atoms with Crippen LogP contribution < -0.4 is 5.32 Å².